The van der Waals surface area contributed by atoms with Crippen molar-refractivity contribution >= 4 is 34.1 Å². The number of imidazole rings is 1. The minimum atomic E-state index is -0.0208. The number of nitrogens with one attached hydrogen (secondary N) is 1. The molecule has 1 N–H and O–H groups in total. The first-order valence-electron chi connectivity index (χ1n) is 9.57. The van der Waals surface area contributed by atoms with Gasteiger partial charge in [-0.25, -0.2) is 4.98 Å². The van der Waals surface area contributed by atoms with Gasteiger partial charge in [-0.1, -0.05) is 24.3 Å². The van der Waals surface area contributed by atoms with Gasteiger partial charge in [0.25, 0.3) is 6.01 Å². The molecular formula is C21H21N5O2. The molecule has 2 aromatic heterocycles. The minimum absolute atomic E-state index is 0.0208. The number of rotatable bonds is 5. The standard InChI is InChI=1S/C21H21N5O2/c27-20(13-25-14-23-16-7-1-3-9-18(16)25)22-12-15-6-5-11-26(15)21-24-17-8-2-4-10-19(17)28-21/h1-4,7-10,14-15H,5-6,11-13H2,(H,22,27)/t15-/m0/s1. The summed E-state index contributed by atoms with van der Waals surface area (Å²) in [4.78, 5) is 23.6. The molecule has 0 aliphatic carbocycles. The van der Waals surface area contributed by atoms with E-state index in [1.165, 1.54) is 0 Å². The van der Waals surface area contributed by atoms with Crippen LogP contribution in [0.5, 0.6) is 0 Å². The van der Waals surface area contributed by atoms with Gasteiger partial charge in [0.2, 0.25) is 5.91 Å². The Labute approximate surface area is 162 Å². The summed E-state index contributed by atoms with van der Waals surface area (Å²) in [6.07, 6.45) is 3.78. The monoisotopic (exact) mass is 375 g/mol. The van der Waals surface area contributed by atoms with Crippen LogP contribution in [-0.2, 0) is 11.3 Å². The number of nitrogens with zero attached hydrogens (tertiary/aromatic N) is 4. The van der Waals surface area contributed by atoms with Crippen molar-refractivity contribution in [2.75, 3.05) is 18.0 Å². The lowest BCUT2D eigenvalue weighted by Gasteiger charge is -2.23. The van der Waals surface area contributed by atoms with Crippen molar-refractivity contribution in [1.82, 2.24) is 19.9 Å². The maximum atomic E-state index is 12.5. The smallest absolute Gasteiger partial charge is 0.298 e. The first-order chi connectivity index (χ1) is 13.8. The number of carbonyl (C=O) groups excluding carboxylic acids is 1. The number of fused-ring (bicyclic) bond motifs is 2. The number of aromatic nitrogens is 3. The summed E-state index contributed by atoms with van der Waals surface area (Å²) in [5.41, 5.74) is 3.51. The number of hydrogen-bond donors (Lipinski definition) is 1. The fourth-order valence-electron chi connectivity index (χ4n) is 3.86. The van der Waals surface area contributed by atoms with Gasteiger partial charge in [-0.15, -0.1) is 0 Å². The second-order valence-corrected chi connectivity index (χ2v) is 7.12. The van der Waals surface area contributed by atoms with E-state index in [1.54, 1.807) is 6.33 Å². The van der Waals surface area contributed by atoms with Crippen molar-refractivity contribution in [3.63, 3.8) is 0 Å². The quantitative estimate of drug-likeness (QED) is 0.580. The summed E-state index contributed by atoms with van der Waals surface area (Å²) in [7, 11) is 0. The third kappa shape index (κ3) is 3.09. The van der Waals surface area contributed by atoms with Gasteiger partial charge in [0.1, 0.15) is 12.1 Å². The zero-order chi connectivity index (χ0) is 18.9. The number of anilines is 1. The molecule has 3 heterocycles. The first-order valence-corrected chi connectivity index (χ1v) is 9.57. The van der Waals surface area contributed by atoms with Crippen molar-refractivity contribution in [2.24, 2.45) is 0 Å². The fraction of sp³-hybridized carbons (Fsp3) is 0.286. The predicted molar refractivity (Wildman–Crippen MR) is 107 cm³/mol. The molecule has 1 fully saturated rings. The summed E-state index contributed by atoms with van der Waals surface area (Å²) in [6, 6.07) is 16.4. The molecule has 1 amide bonds. The molecule has 5 rings (SSSR count). The molecule has 1 saturated heterocycles. The molecule has 0 spiro atoms. The highest BCUT2D eigenvalue weighted by Crippen LogP contribution is 2.28. The van der Waals surface area contributed by atoms with Gasteiger partial charge >= 0.3 is 0 Å². The Hall–Kier alpha value is -3.35. The lowest BCUT2D eigenvalue weighted by molar-refractivity contribution is -0.121. The molecule has 4 aromatic rings. The van der Waals surface area contributed by atoms with Crippen LogP contribution in [0.2, 0.25) is 0 Å². The van der Waals surface area contributed by atoms with Crippen LogP contribution in [0.1, 0.15) is 12.8 Å². The summed E-state index contributed by atoms with van der Waals surface area (Å²) in [5, 5.41) is 3.06. The molecular weight excluding hydrogens is 354 g/mol. The number of oxazole rings is 1. The summed E-state index contributed by atoms with van der Waals surface area (Å²) in [6.45, 7) is 1.72. The van der Waals surface area contributed by atoms with Crippen molar-refractivity contribution < 1.29 is 9.21 Å². The van der Waals surface area contributed by atoms with Crippen LogP contribution in [-0.4, -0.2) is 39.6 Å². The SMILES string of the molecule is O=C(Cn1cnc2ccccc21)NC[C@@H]1CCCN1c1nc2ccccc2o1. The normalized spacial score (nSPS) is 16.9. The maximum absolute atomic E-state index is 12.5. The highest BCUT2D eigenvalue weighted by Gasteiger charge is 2.28. The number of carbonyl (C=O) groups is 1. The molecule has 1 aliphatic rings. The largest absolute Gasteiger partial charge is 0.423 e. The van der Waals surface area contributed by atoms with Gasteiger partial charge in [0.15, 0.2) is 5.58 Å². The lowest BCUT2D eigenvalue weighted by atomic mass is 10.2. The van der Waals surface area contributed by atoms with Gasteiger partial charge in [0, 0.05) is 13.1 Å². The van der Waals surface area contributed by atoms with Crippen molar-refractivity contribution in [1.29, 1.82) is 0 Å². The zero-order valence-electron chi connectivity index (χ0n) is 15.4. The molecule has 7 nitrogen and oxygen atoms in total. The number of para-hydroxylation sites is 4. The molecule has 1 aliphatic heterocycles. The third-order valence-corrected chi connectivity index (χ3v) is 5.28. The fourth-order valence-corrected chi connectivity index (χ4v) is 3.86. The van der Waals surface area contributed by atoms with E-state index in [0.29, 0.717) is 12.6 Å². The van der Waals surface area contributed by atoms with E-state index in [9.17, 15) is 4.79 Å². The van der Waals surface area contributed by atoms with Crippen LogP contribution < -0.4 is 10.2 Å². The number of benzene rings is 2. The van der Waals surface area contributed by atoms with E-state index in [0.717, 1.165) is 41.5 Å². The Morgan fingerprint density at radius 2 is 1.96 bits per heavy atom. The Bertz CT molecular complexity index is 1100. The minimum Gasteiger partial charge on any atom is -0.423 e. The average Bonchev–Trinajstić information content (AvgIpc) is 3.44. The molecule has 0 unspecified atom stereocenters. The average molecular weight is 375 g/mol. The van der Waals surface area contributed by atoms with Crippen molar-refractivity contribution in [3.8, 4) is 0 Å². The van der Waals surface area contributed by atoms with E-state index in [1.807, 2.05) is 53.1 Å². The topological polar surface area (TPSA) is 76.2 Å². The Morgan fingerprint density at radius 3 is 2.86 bits per heavy atom. The van der Waals surface area contributed by atoms with Gasteiger partial charge in [-0.05, 0) is 37.1 Å². The van der Waals surface area contributed by atoms with Gasteiger partial charge < -0.3 is 19.2 Å². The molecule has 1 atom stereocenters. The molecule has 7 heteroatoms. The Balaban J connectivity index is 1.24. The van der Waals surface area contributed by atoms with Crippen LogP contribution in [0.25, 0.3) is 22.1 Å². The zero-order valence-corrected chi connectivity index (χ0v) is 15.4. The molecule has 2 aromatic carbocycles. The van der Waals surface area contributed by atoms with E-state index >= 15 is 0 Å². The van der Waals surface area contributed by atoms with E-state index in [-0.39, 0.29) is 18.5 Å². The van der Waals surface area contributed by atoms with Crippen molar-refractivity contribution in [3.05, 3.63) is 54.9 Å². The van der Waals surface area contributed by atoms with Gasteiger partial charge in [-0.2, -0.15) is 4.98 Å². The maximum Gasteiger partial charge on any atom is 0.298 e. The molecule has 0 saturated carbocycles. The van der Waals surface area contributed by atoms with Crippen LogP contribution in [0.4, 0.5) is 6.01 Å². The van der Waals surface area contributed by atoms with Crippen LogP contribution in [0, 0.1) is 0 Å². The van der Waals surface area contributed by atoms with Gasteiger partial charge in [-0.3, -0.25) is 4.79 Å². The molecule has 0 bridgehead atoms. The van der Waals surface area contributed by atoms with Crippen LogP contribution >= 0.6 is 0 Å². The summed E-state index contributed by atoms with van der Waals surface area (Å²) in [5.74, 6) is -0.0208. The first kappa shape index (κ1) is 16.8. The van der Waals surface area contributed by atoms with E-state index in [4.69, 9.17) is 4.42 Å². The predicted octanol–water partition coefficient (Wildman–Crippen LogP) is 2.96. The van der Waals surface area contributed by atoms with E-state index < -0.39 is 0 Å². The highest BCUT2D eigenvalue weighted by atomic mass is 16.4. The number of hydrogen-bond acceptors (Lipinski definition) is 5. The summed E-state index contributed by atoms with van der Waals surface area (Å²) < 4.78 is 7.79. The van der Waals surface area contributed by atoms with Crippen LogP contribution in [0.3, 0.4) is 0 Å². The Morgan fingerprint density at radius 1 is 1.14 bits per heavy atom. The lowest BCUT2D eigenvalue weighted by Crippen LogP contribution is -2.41. The second kappa shape index (κ2) is 6.99. The summed E-state index contributed by atoms with van der Waals surface area (Å²) >= 11 is 0. The van der Waals surface area contributed by atoms with Crippen molar-refractivity contribution in [2.45, 2.75) is 25.4 Å². The molecule has 0 radical (unpaired) electrons. The third-order valence-electron chi connectivity index (χ3n) is 5.28. The van der Waals surface area contributed by atoms with E-state index in [2.05, 4.69) is 20.2 Å². The second-order valence-electron chi connectivity index (χ2n) is 7.12. The molecule has 142 valence electrons. The highest BCUT2D eigenvalue weighted by molar-refractivity contribution is 5.80. The Kier molecular flexibility index (Phi) is 4.20. The van der Waals surface area contributed by atoms with Gasteiger partial charge in [0.05, 0.1) is 23.4 Å². The molecule has 28 heavy (non-hydrogen) atoms. The number of amides is 1. The van der Waals surface area contributed by atoms with Crippen LogP contribution in [0.15, 0.2) is 59.3 Å².